The molecule has 21 heavy (non-hydrogen) atoms. The molecule has 1 aliphatic heterocycles. The van der Waals surface area contributed by atoms with E-state index >= 15 is 0 Å². The zero-order chi connectivity index (χ0) is 15.3. The molecule has 0 atom stereocenters. The third-order valence-corrected chi connectivity index (χ3v) is 5.75. The zero-order valence-electron chi connectivity index (χ0n) is 10.9. The third-order valence-electron chi connectivity index (χ3n) is 3.42. The maximum atomic E-state index is 12.5. The Hall–Kier alpha value is -1.35. The average molecular weight is 322 g/mol. The van der Waals surface area contributed by atoms with Crippen LogP contribution < -0.4 is 4.74 Å². The molecule has 1 aromatic rings. The van der Waals surface area contributed by atoms with Gasteiger partial charge in [-0.2, -0.15) is 17.5 Å². The van der Waals surface area contributed by atoms with E-state index in [-0.39, 0.29) is 24.2 Å². The summed E-state index contributed by atoms with van der Waals surface area (Å²) in [4.78, 5) is 3.39. The second-order valence-electron chi connectivity index (χ2n) is 5.16. The van der Waals surface area contributed by atoms with E-state index in [9.17, 15) is 21.6 Å². The SMILES string of the molecule is O=S(=O)(C1CC1)N1CC(Oc2cccc(C(F)(F)F)n2)C1. The number of ether oxygens (including phenoxy) is 1. The molecule has 0 aromatic carbocycles. The first-order valence-electron chi connectivity index (χ1n) is 6.47. The molecule has 2 heterocycles. The van der Waals surface area contributed by atoms with Crippen LogP contribution in [0.25, 0.3) is 0 Å². The highest BCUT2D eigenvalue weighted by Crippen LogP contribution is 2.34. The molecule has 2 aliphatic rings. The Morgan fingerprint density at radius 2 is 1.90 bits per heavy atom. The quantitative estimate of drug-likeness (QED) is 0.846. The van der Waals surface area contributed by atoms with Crippen LogP contribution in [0, 0.1) is 0 Å². The summed E-state index contributed by atoms with van der Waals surface area (Å²) in [5.41, 5.74) is -1.03. The first kappa shape index (κ1) is 14.6. The Labute approximate surface area is 119 Å². The molecular formula is C12H13F3N2O3S. The molecule has 2 fully saturated rings. The van der Waals surface area contributed by atoms with Crippen LogP contribution in [0.15, 0.2) is 18.2 Å². The Morgan fingerprint density at radius 3 is 2.48 bits per heavy atom. The zero-order valence-corrected chi connectivity index (χ0v) is 11.7. The Kier molecular flexibility index (Phi) is 3.36. The van der Waals surface area contributed by atoms with Gasteiger partial charge in [0.2, 0.25) is 15.9 Å². The molecule has 0 spiro atoms. The molecule has 116 valence electrons. The monoisotopic (exact) mass is 322 g/mol. The molecule has 5 nitrogen and oxygen atoms in total. The fourth-order valence-electron chi connectivity index (χ4n) is 2.07. The molecule has 9 heteroatoms. The molecule has 3 rings (SSSR count). The second-order valence-corrected chi connectivity index (χ2v) is 7.37. The van der Waals surface area contributed by atoms with Gasteiger partial charge >= 0.3 is 6.18 Å². The van der Waals surface area contributed by atoms with Gasteiger partial charge in [-0.15, -0.1) is 0 Å². The van der Waals surface area contributed by atoms with Gasteiger partial charge in [-0.1, -0.05) is 6.07 Å². The second kappa shape index (κ2) is 4.84. The van der Waals surface area contributed by atoms with Crippen LogP contribution in [-0.4, -0.2) is 42.2 Å². The number of aromatic nitrogens is 1. The topological polar surface area (TPSA) is 59.5 Å². The van der Waals surface area contributed by atoms with Gasteiger partial charge in [0.1, 0.15) is 11.8 Å². The van der Waals surface area contributed by atoms with E-state index in [0.717, 1.165) is 6.07 Å². The number of pyridine rings is 1. The van der Waals surface area contributed by atoms with E-state index < -0.39 is 28.0 Å². The standard InChI is InChI=1S/C12H13F3N2O3S/c13-12(14,15)10-2-1-3-11(16-10)20-8-6-17(7-8)21(18,19)9-4-5-9/h1-3,8-9H,4-7H2. The van der Waals surface area contributed by atoms with Gasteiger partial charge in [0, 0.05) is 6.07 Å². The number of nitrogens with zero attached hydrogens (tertiary/aromatic N) is 2. The number of alkyl halides is 3. The van der Waals surface area contributed by atoms with Gasteiger partial charge < -0.3 is 4.74 Å². The fraction of sp³-hybridized carbons (Fsp3) is 0.583. The van der Waals surface area contributed by atoms with E-state index in [2.05, 4.69) is 4.98 Å². The van der Waals surface area contributed by atoms with Crippen molar-refractivity contribution in [2.45, 2.75) is 30.4 Å². The van der Waals surface area contributed by atoms with Gasteiger partial charge in [-0.25, -0.2) is 13.4 Å². The minimum absolute atomic E-state index is 0.140. The first-order valence-corrected chi connectivity index (χ1v) is 7.97. The number of rotatable bonds is 4. The van der Waals surface area contributed by atoms with Crippen molar-refractivity contribution < 1.29 is 26.3 Å². The summed E-state index contributed by atoms with van der Waals surface area (Å²) in [6.45, 7) is 0.327. The summed E-state index contributed by atoms with van der Waals surface area (Å²) in [6.07, 6.45) is -3.62. The van der Waals surface area contributed by atoms with Crippen molar-refractivity contribution >= 4 is 10.0 Å². The summed E-state index contributed by atoms with van der Waals surface area (Å²) >= 11 is 0. The Bertz CT molecular complexity index is 637. The summed E-state index contributed by atoms with van der Waals surface area (Å²) in [6, 6.07) is 3.40. The van der Waals surface area contributed by atoms with Gasteiger partial charge in [-0.05, 0) is 18.9 Å². The van der Waals surface area contributed by atoms with Crippen LogP contribution >= 0.6 is 0 Å². The van der Waals surface area contributed by atoms with E-state index in [0.29, 0.717) is 12.8 Å². The maximum Gasteiger partial charge on any atom is 0.433 e. The highest BCUT2D eigenvalue weighted by molar-refractivity contribution is 7.90. The van der Waals surface area contributed by atoms with Crippen molar-refractivity contribution in [3.8, 4) is 5.88 Å². The number of sulfonamides is 1. The summed E-state index contributed by atoms with van der Waals surface area (Å²) in [5.74, 6) is -0.140. The molecule has 0 unspecified atom stereocenters. The van der Waals surface area contributed by atoms with Crippen molar-refractivity contribution in [2.75, 3.05) is 13.1 Å². The lowest BCUT2D eigenvalue weighted by Crippen LogP contribution is -2.56. The molecular weight excluding hydrogens is 309 g/mol. The van der Waals surface area contributed by atoms with Crippen LogP contribution in [0.3, 0.4) is 0 Å². The highest BCUT2D eigenvalue weighted by atomic mass is 32.2. The Morgan fingerprint density at radius 1 is 1.24 bits per heavy atom. The fourth-order valence-corrected chi connectivity index (χ4v) is 3.97. The molecule has 1 saturated carbocycles. The molecule has 1 aromatic heterocycles. The third kappa shape index (κ3) is 2.98. The lowest BCUT2D eigenvalue weighted by Gasteiger charge is -2.37. The van der Waals surface area contributed by atoms with E-state index in [1.807, 2.05) is 0 Å². The van der Waals surface area contributed by atoms with Crippen molar-refractivity contribution in [1.29, 1.82) is 0 Å². The molecule has 0 N–H and O–H groups in total. The summed E-state index contributed by atoms with van der Waals surface area (Å²) < 4.78 is 67.9. The smallest absolute Gasteiger partial charge is 0.433 e. The van der Waals surface area contributed by atoms with Crippen LogP contribution in [0.4, 0.5) is 13.2 Å². The summed E-state index contributed by atoms with van der Waals surface area (Å²) in [7, 11) is -3.23. The van der Waals surface area contributed by atoms with Crippen molar-refractivity contribution in [1.82, 2.24) is 9.29 Å². The normalized spacial score (nSPS) is 21.1. The van der Waals surface area contributed by atoms with Crippen molar-refractivity contribution in [2.24, 2.45) is 0 Å². The van der Waals surface area contributed by atoms with Crippen LogP contribution in [0.5, 0.6) is 5.88 Å². The molecule has 0 radical (unpaired) electrons. The van der Waals surface area contributed by atoms with Gasteiger partial charge in [0.25, 0.3) is 0 Å². The molecule has 0 amide bonds. The van der Waals surface area contributed by atoms with Crippen LogP contribution in [0.2, 0.25) is 0 Å². The molecule has 0 bridgehead atoms. The number of hydrogen-bond acceptors (Lipinski definition) is 4. The average Bonchev–Trinajstić information content (AvgIpc) is 3.16. The lowest BCUT2D eigenvalue weighted by molar-refractivity contribution is -0.141. The lowest BCUT2D eigenvalue weighted by atomic mass is 10.2. The van der Waals surface area contributed by atoms with E-state index in [1.54, 1.807) is 0 Å². The highest BCUT2D eigenvalue weighted by Gasteiger charge is 2.46. The van der Waals surface area contributed by atoms with Crippen molar-refractivity contribution in [3.63, 3.8) is 0 Å². The molecule has 1 saturated heterocycles. The molecule has 1 aliphatic carbocycles. The van der Waals surface area contributed by atoms with Crippen LogP contribution in [-0.2, 0) is 16.2 Å². The Balaban J connectivity index is 1.60. The number of hydrogen-bond donors (Lipinski definition) is 0. The maximum absolute atomic E-state index is 12.5. The van der Waals surface area contributed by atoms with Crippen LogP contribution in [0.1, 0.15) is 18.5 Å². The van der Waals surface area contributed by atoms with Crippen molar-refractivity contribution in [3.05, 3.63) is 23.9 Å². The predicted octanol–water partition coefficient (Wildman–Crippen LogP) is 1.66. The van der Waals surface area contributed by atoms with E-state index in [4.69, 9.17) is 4.74 Å². The van der Waals surface area contributed by atoms with Gasteiger partial charge in [0.15, 0.2) is 0 Å². The van der Waals surface area contributed by atoms with E-state index in [1.165, 1.54) is 16.4 Å². The first-order chi connectivity index (χ1) is 9.77. The predicted molar refractivity (Wildman–Crippen MR) is 67.2 cm³/mol. The summed E-state index contributed by atoms with van der Waals surface area (Å²) in [5, 5.41) is -0.287. The van der Waals surface area contributed by atoms with Gasteiger partial charge in [0.05, 0.1) is 18.3 Å². The van der Waals surface area contributed by atoms with Gasteiger partial charge in [-0.3, -0.25) is 0 Å². The minimum atomic E-state index is -4.53. The largest absolute Gasteiger partial charge is 0.472 e. The number of halogens is 3. The minimum Gasteiger partial charge on any atom is -0.472 e.